The van der Waals surface area contributed by atoms with Gasteiger partial charge < -0.3 is 4.98 Å². The van der Waals surface area contributed by atoms with E-state index in [1.165, 1.54) is 22.1 Å². The molecule has 2 aromatic carbocycles. The van der Waals surface area contributed by atoms with Crippen molar-refractivity contribution in [2.24, 2.45) is 0 Å². The van der Waals surface area contributed by atoms with Gasteiger partial charge in [-0.25, -0.2) is 0 Å². The van der Waals surface area contributed by atoms with Crippen LogP contribution in [-0.4, -0.2) is 4.98 Å². The first-order valence-corrected chi connectivity index (χ1v) is 6.10. The highest BCUT2D eigenvalue weighted by Crippen LogP contribution is 2.31. The van der Waals surface area contributed by atoms with E-state index < -0.39 is 0 Å². The quantitative estimate of drug-likeness (QED) is 0.655. The van der Waals surface area contributed by atoms with Crippen molar-refractivity contribution >= 4 is 17.0 Å². The van der Waals surface area contributed by atoms with Crippen molar-refractivity contribution in [1.82, 2.24) is 4.98 Å². The van der Waals surface area contributed by atoms with E-state index in [2.05, 4.69) is 61.0 Å². The molecule has 0 bridgehead atoms. The summed E-state index contributed by atoms with van der Waals surface area (Å²) in [7, 11) is 0. The maximum Gasteiger partial charge on any atom is 0.0538 e. The second-order valence-electron chi connectivity index (χ2n) is 4.53. The lowest BCUT2D eigenvalue weighted by atomic mass is 10.0. The second kappa shape index (κ2) is 4.19. The Morgan fingerprint density at radius 3 is 2.56 bits per heavy atom. The molecule has 0 amide bonds. The predicted octanol–water partition coefficient (Wildman–Crippen LogP) is 4.79. The van der Waals surface area contributed by atoms with Gasteiger partial charge >= 0.3 is 0 Å². The summed E-state index contributed by atoms with van der Waals surface area (Å²) in [5.41, 5.74) is 5.95. The van der Waals surface area contributed by atoms with Crippen LogP contribution in [0.25, 0.3) is 28.2 Å². The zero-order valence-electron chi connectivity index (χ0n) is 10.4. The standard InChI is InChI=1S/C17H15N/c1-3-14-15-11-12(2)9-10-16(15)18-17(14)13-7-5-4-6-8-13/h3-11,18H,1H2,2H3. The minimum Gasteiger partial charge on any atom is -0.354 e. The molecule has 0 aliphatic heterocycles. The Morgan fingerprint density at radius 2 is 1.83 bits per heavy atom. The number of hydrogen-bond acceptors (Lipinski definition) is 0. The van der Waals surface area contributed by atoms with Crippen LogP contribution in [0.4, 0.5) is 0 Å². The molecule has 0 atom stereocenters. The summed E-state index contributed by atoms with van der Waals surface area (Å²) in [6.07, 6.45) is 1.93. The summed E-state index contributed by atoms with van der Waals surface area (Å²) >= 11 is 0. The van der Waals surface area contributed by atoms with Gasteiger partial charge in [-0.2, -0.15) is 0 Å². The summed E-state index contributed by atoms with van der Waals surface area (Å²) in [6, 6.07) is 16.8. The van der Waals surface area contributed by atoms with E-state index in [9.17, 15) is 0 Å². The molecular weight excluding hydrogens is 218 g/mol. The van der Waals surface area contributed by atoms with E-state index >= 15 is 0 Å². The Balaban J connectivity index is 2.33. The van der Waals surface area contributed by atoms with Crippen LogP contribution < -0.4 is 0 Å². The van der Waals surface area contributed by atoms with E-state index in [0.717, 1.165) is 11.2 Å². The molecule has 0 spiro atoms. The Hall–Kier alpha value is -2.28. The predicted molar refractivity (Wildman–Crippen MR) is 78.6 cm³/mol. The number of hydrogen-bond donors (Lipinski definition) is 1. The molecule has 0 unspecified atom stereocenters. The van der Waals surface area contributed by atoms with Crippen molar-refractivity contribution in [3.8, 4) is 11.3 Å². The van der Waals surface area contributed by atoms with Gasteiger partial charge in [0.2, 0.25) is 0 Å². The van der Waals surface area contributed by atoms with Gasteiger partial charge in [0.15, 0.2) is 0 Å². The van der Waals surface area contributed by atoms with Crippen molar-refractivity contribution in [3.05, 3.63) is 66.2 Å². The van der Waals surface area contributed by atoms with Crippen molar-refractivity contribution in [2.75, 3.05) is 0 Å². The third-order valence-electron chi connectivity index (χ3n) is 3.26. The summed E-state index contributed by atoms with van der Waals surface area (Å²) in [5, 5.41) is 1.24. The maximum atomic E-state index is 3.95. The van der Waals surface area contributed by atoms with Gasteiger partial charge in [-0.1, -0.05) is 54.6 Å². The van der Waals surface area contributed by atoms with Crippen molar-refractivity contribution in [3.63, 3.8) is 0 Å². The minimum atomic E-state index is 1.14. The highest BCUT2D eigenvalue weighted by molar-refractivity contribution is 5.96. The molecule has 3 rings (SSSR count). The first-order valence-electron chi connectivity index (χ1n) is 6.10. The van der Waals surface area contributed by atoms with E-state index in [4.69, 9.17) is 0 Å². The fourth-order valence-electron chi connectivity index (χ4n) is 2.37. The summed E-state index contributed by atoms with van der Waals surface area (Å²) in [4.78, 5) is 3.49. The number of H-pyrrole nitrogens is 1. The summed E-state index contributed by atoms with van der Waals surface area (Å²) in [5.74, 6) is 0. The lowest BCUT2D eigenvalue weighted by Crippen LogP contribution is -1.79. The number of aryl methyl sites for hydroxylation is 1. The molecule has 18 heavy (non-hydrogen) atoms. The van der Waals surface area contributed by atoms with E-state index in [-0.39, 0.29) is 0 Å². The van der Waals surface area contributed by atoms with Crippen LogP contribution in [0.15, 0.2) is 55.1 Å². The molecule has 1 nitrogen and oxygen atoms in total. The van der Waals surface area contributed by atoms with Gasteiger partial charge in [0.1, 0.15) is 0 Å². The maximum absolute atomic E-state index is 3.95. The number of aromatic amines is 1. The van der Waals surface area contributed by atoms with Crippen LogP contribution in [0.3, 0.4) is 0 Å². The largest absolute Gasteiger partial charge is 0.354 e. The molecule has 1 heterocycles. The SMILES string of the molecule is C=Cc1c(-c2ccccc2)[nH]c2ccc(C)cc12. The molecular formula is C17H15N. The number of fused-ring (bicyclic) bond motifs is 1. The van der Waals surface area contributed by atoms with Gasteiger partial charge in [0.05, 0.1) is 5.69 Å². The van der Waals surface area contributed by atoms with Gasteiger partial charge in [0, 0.05) is 16.5 Å². The third-order valence-corrected chi connectivity index (χ3v) is 3.26. The molecule has 0 saturated heterocycles. The highest BCUT2D eigenvalue weighted by atomic mass is 14.7. The molecule has 0 fully saturated rings. The lowest BCUT2D eigenvalue weighted by molar-refractivity contribution is 1.44. The Labute approximate surface area is 107 Å². The minimum absolute atomic E-state index is 1.14. The molecule has 1 N–H and O–H groups in total. The summed E-state index contributed by atoms with van der Waals surface area (Å²) < 4.78 is 0. The van der Waals surface area contributed by atoms with Gasteiger partial charge in [-0.05, 0) is 24.6 Å². The van der Waals surface area contributed by atoms with Gasteiger partial charge in [-0.3, -0.25) is 0 Å². The number of benzene rings is 2. The topological polar surface area (TPSA) is 15.8 Å². The van der Waals surface area contributed by atoms with Crippen LogP contribution in [0, 0.1) is 6.92 Å². The van der Waals surface area contributed by atoms with Crippen molar-refractivity contribution < 1.29 is 0 Å². The summed E-state index contributed by atoms with van der Waals surface area (Å²) in [6.45, 7) is 6.06. The molecule has 3 aromatic rings. The number of aromatic nitrogens is 1. The second-order valence-corrected chi connectivity index (χ2v) is 4.53. The van der Waals surface area contributed by atoms with E-state index in [1.54, 1.807) is 0 Å². The zero-order valence-corrected chi connectivity index (χ0v) is 10.4. The lowest BCUT2D eigenvalue weighted by Gasteiger charge is -2.00. The average molecular weight is 233 g/mol. The van der Waals surface area contributed by atoms with Crippen LogP contribution in [0.5, 0.6) is 0 Å². The van der Waals surface area contributed by atoms with Crippen LogP contribution in [0.2, 0.25) is 0 Å². The van der Waals surface area contributed by atoms with Crippen molar-refractivity contribution in [2.45, 2.75) is 6.92 Å². The molecule has 0 saturated carbocycles. The molecule has 88 valence electrons. The Morgan fingerprint density at radius 1 is 1.06 bits per heavy atom. The first-order chi connectivity index (χ1) is 8.79. The van der Waals surface area contributed by atoms with E-state index in [1.807, 2.05) is 12.1 Å². The molecule has 1 aromatic heterocycles. The molecule has 1 heteroatoms. The van der Waals surface area contributed by atoms with Crippen LogP contribution in [-0.2, 0) is 0 Å². The zero-order chi connectivity index (χ0) is 12.5. The highest BCUT2D eigenvalue weighted by Gasteiger charge is 2.10. The molecule has 0 radical (unpaired) electrons. The molecule has 0 aliphatic carbocycles. The Bertz CT molecular complexity index is 705. The Kier molecular flexibility index (Phi) is 2.52. The van der Waals surface area contributed by atoms with E-state index in [0.29, 0.717) is 0 Å². The fourth-order valence-corrected chi connectivity index (χ4v) is 2.37. The third kappa shape index (κ3) is 1.65. The van der Waals surface area contributed by atoms with Crippen LogP contribution in [0.1, 0.15) is 11.1 Å². The van der Waals surface area contributed by atoms with Gasteiger partial charge in [0.25, 0.3) is 0 Å². The smallest absolute Gasteiger partial charge is 0.0538 e. The fraction of sp³-hybridized carbons (Fsp3) is 0.0588. The average Bonchev–Trinajstić information content (AvgIpc) is 2.77. The monoisotopic (exact) mass is 233 g/mol. The molecule has 0 aliphatic rings. The first kappa shape index (κ1) is 10.8. The normalized spacial score (nSPS) is 10.7. The van der Waals surface area contributed by atoms with Crippen molar-refractivity contribution in [1.29, 1.82) is 0 Å². The van der Waals surface area contributed by atoms with Crippen LogP contribution >= 0.6 is 0 Å². The number of nitrogens with one attached hydrogen (secondary N) is 1. The van der Waals surface area contributed by atoms with Gasteiger partial charge in [-0.15, -0.1) is 0 Å². The number of rotatable bonds is 2.